The van der Waals surface area contributed by atoms with Crippen molar-refractivity contribution in [2.45, 2.75) is 6.54 Å². The number of hydrogen-bond donors (Lipinski definition) is 2. The van der Waals surface area contributed by atoms with Gasteiger partial charge in [0.25, 0.3) is 5.91 Å². The summed E-state index contributed by atoms with van der Waals surface area (Å²) in [6.45, 7) is 0.304. The molecule has 1 heterocycles. The molecule has 0 saturated heterocycles. The van der Waals surface area contributed by atoms with Gasteiger partial charge in [-0.2, -0.15) is 0 Å². The number of carboxylic acids is 1. The van der Waals surface area contributed by atoms with E-state index in [1.165, 1.54) is 12.1 Å². The lowest BCUT2D eigenvalue weighted by molar-refractivity contribution is 0.0702. The predicted molar refractivity (Wildman–Crippen MR) is 73.9 cm³/mol. The number of rotatable bonds is 4. The molecule has 0 fully saturated rings. The third-order valence-electron chi connectivity index (χ3n) is 2.44. The fourth-order valence-corrected chi connectivity index (χ4v) is 2.44. The van der Waals surface area contributed by atoms with Crippen molar-refractivity contribution in [3.63, 3.8) is 0 Å². The van der Waals surface area contributed by atoms with Crippen LogP contribution in [0.3, 0.4) is 0 Å². The molecule has 2 rings (SSSR count). The second-order valence-electron chi connectivity index (χ2n) is 3.74. The summed E-state index contributed by atoms with van der Waals surface area (Å²) in [5, 5.41) is 12.1. The average molecular weight is 296 g/mol. The van der Waals surface area contributed by atoms with Crippen LogP contribution in [0.1, 0.15) is 24.9 Å². The van der Waals surface area contributed by atoms with Crippen molar-refractivity contribution in [2.24, 2.45) is 0 Å². The Kier molecular flexibility index (Phi) is 4.19. The molecule has 98 valence electrons. The van der Waals surface area contributed by atoms with Gasteiger partial charge in [-0.05, 0) is 23.8 Å². The van der Waals surface area contributed by atoms with Crippen molar-refractivity contribution in [1.29, 1.82) is 0 Å². The lowest BCUT2D eigenvalue weighted by Crippen LogP contribution is -2.21. The van der Waals surface area contributed by atoms with Crippen LogP contribution in [0.25, 0.3) is 0 Å². The van der Waals surface area contributed by atoms with E-state index in [-0.39, 0.29) is 10.8 Å². The number of carbonyl (C=O) groups is 2. The van der Waals surface area contributed by atoms with Crippen LogP contribution >= 0.6 is 22.9 Å². The van der Waals surface area contributed by atoms with Gasteiger partial charge in [0.05, 0.1) is 4.88 Å². The zero-order chi connectivity index (χ0) is 13.8. The predicted octanol–water partition coefficient (Wildman–Crippen LogP) is 3.03. The lowest BCUT2D eigenvalue weighted by atomic mass is 10.2. The smallest absolute Gasteiger partial charge is 0.345 e. The van der Waals surface area contributed by atoms with Crippen molar-refractivity contribution in [3.8, 4) is 0 Å². The Morgan fingerprint density at radius 2 is 1.84 bits per heavy atom. The third-order valence-corrected chi connectivity index (χ3v) is 3.88. The molecule has 1 amide bonds. The van der Waals surface area contributed by atoms with E-state index in [2.05, 4.69) is 5.32 Å². The highest BCUT2D eigenvalue weighted by molar-refractivity contribution is 7.15. The molecule has 0 radical (unpaired) electrons. The highest BCUT2D eigenvalue weighted by atomic mass is 35.5. The quantitative estimate of drug-likeness (QED) is 0.911. The number of carbonyl (C=O) groups excluding carboxylic acids is 1. The monoisotopic (exact) mass is 295 g/mol. The molecule has 0 bridgehead atoms. The minimum absolute atomic E-state index is 0.142. The van der Waals surface area contributed by atoms with Gasteiger partial charge in [0, 0.05) is 11.6 Å². The van der Waals surface area contributed by atoms with Crippen LogP contribution in [-0.4, -0.2) is 17.0 Å². The highest BCUT2D eigenvalue weighted by Crippen LogP contribution is 2.17. The van der Waals surface area contributed by atoms with Crippen molar-refractivity contribution in [2.75, 3.05) is 0 Å². The van der Waals surface area contributed by atoms with E-state index in [1.54, 1.807) is 6.07 Å². The van der Waals surface area contributed by atoms with E-state index in [0.29, 0.717) is 16.4 Å². The summed E-state index contributed by atoms with van der Waals surface area (Å²) in [6, 6.07) is 10.1. The van der Waals surface area contributed by atoms with Gasteiger partial charge in [0.1, 0.15) is 4.88 Å². The second-order valence-corrected chi connectivity index (χ2v) is 5.23. The molecule has 2 aromatic rings. The SMILES string of the molecule is O=C(O)c1ccc(C(=O)NCc2ccccc2Cl)s1. The van der Waals surface area contributed by atoms with Crippen LogP contribution in [0.2, 0.25) is 5.02 Å². The van der Waals surface area contributed by atoms with E-state index in [4.69, 9.17) is 16.7 Å². The number of benzene rings is 1. The van der Waals surface area contributed by atoms with Gasteiger partial charge < -0.3 is 10.4 Å². The summed E-state index contributed by atoms with van der Waals surface area (Å²) >= 11 is 6.92. The number of amides is 1. The number of halogens is 1. The Labute approximate surface area is 118 Å². The van der Waals surface area contributed by atoms with Crippen molar-refractivity contribution in [3.05, 3.63) is 56.7 Å². The summed E-state index contributed by atoms with van der Waals surface area (Å²) in [6.07, 6.45) is 0. The van der Waals surface area contributed by atoms with E-state index in [0.717, 1.165) is 16.9 Å². The first kappa shape index (κ1) is 13.6. The van der Waals surface area contributed by atoms with E-state index in [1.807, 2.05) is 18.2 Å². The molecule has 2 N–H and O–H groups in total. The molecule has 0 aliphatic rings. The zero-order valence-corrected chi connectivity index (χ0v) is 11.3. The van der Waals surface area contributed by atoms with Crippen LogP contribution in [0, 0.1) is 0 Å². The first-order valence-electron chi connectivity index (χ1n) is 5.42. The Balaban J connectivity index is 2.01. The lowest BCUT2D eigenvalue weighted by Gasteiger charge is -2.05. The maximum absolute atomic E-state index is 11.8. The topological polar surface area (TPSA) is 66.4 Å². The zero-order valence-electron chi connectivity index (χ0n) is 9.72. The van der Waals surface area contributed by atoms with E-state index in [9.17, 15) is 9.59 Å². The van der Waals surface area contributed by atoms with Gasteiger partial charge in [-0.3, -0.25) is 4.79 Å². The van der Waals surface area contributed by atoms with Crippen LogP contribution in [-0.2, 0) is 6.54 Å². The summed E-state index contributed by atoms with van der Waals surface area (Å²) in [7, 11) is 0. The van der Waals surface area contributed by atoms with Crippen molar-refractivity contribution in [1.82, 2.24) is 5.32 Å². The van der Waals surface area contributed by atoms with Crippen molar-refractivity contribution >= 4 is 34.8 Å². The first-order valence-corrected chi connectivity index (χ1v) is 6.62. The fourth-order valence-electron chi connectivity index (χ4n) is 1.48. The minimum Gasteiger partial charge on any atom is -0.477 e. The molecule has 0 unspecified atom stereocenters. The molecule has 1 aromatic heterocycles. The fraction of sp³-hybridized carbons (Fsp3) is 0.0769. The van der Waals surface area contributed by atoms with Crippen molar-refractivity contribution < 1.29 is 14.7 Å². The maximum atomic E-state index is 11.8. The molecule has 19 heavy (non-hydrogen) atoms. The molecular weight excluding hydrogens is 286 g/mol. The van der Waals surface area contributed by atoms with E-state index < -0.39 is 5.97 Å². The molecular formula is C13H10ClNO3S. The van der Waals surface area contributed by atoms with Gasteiger partial charge >= 0.3 is 5.97 Å². The van der Waals surface area contributed by atoms with Crippen LogP contribution < -0.4 is 5.32 Å². The first-order chi connectivity index (χ1) is 9.08. The Bertz CT molecular complexity index is 624. The standard InChI is InChI=1S/C13H10ClNO3S/c14-9-4-2-1-3-8(9)7-15-12(16)10-5-6-11(19-10)13(17)18/h1-6H,7H2,(H,15,16)(H,17,18). The summed E-state index contributed by atoms with van der Waals surface area (Å²) in [4.78, 5) is 23.1. The number of thiophene rings is 1. The minimum atomic E-state index is -1.03. The normalized spacial score (nSPS) is 10.2. The maximum Gasteiger partial charge on any atom is 0.345 e. The molecule has 0 atom stereocenters. The Hall–Kier alpha value is -1.85. The Morgan fingerprint density at radius 1 is 1.16 bits per heavy atom. The van der Waals surface area contributed by atoms with Gasteiger partial charge in [-0.25, -0.2) is 4.79 Å². The summed E-state index contributed by atoms with van der Waals surface area (Å²) in [5.41, 5.74) is 0.813. The highest BCUT2D eigenvalue weighted by Gasteiger charge is 2.12. The number of aromatic carboxylic acids is 1. The summed E-state index contributed by atoms with van der Waals surface area (Å²) in [5.74, 6) is -1.34. The van der Waals surface area contributed by atoms with Gasteiger partial charge in [0.2, 0.25) is 0 Å². The van der Waals surface area contributed by atoms with Gasteiger partial charge in [-0.1, -0.05) is 29.8 Å². The molecule has 6 heteroatoms. The molecule has 1 aromatic carbocycles. The molecule has 0 aliphatic heterocycles. The van der Waals surface area contributed by atoms with Crippen LogP contribution in [0.5, 0.6) is 0 Å². The molecule has 4 nitrogen and oxygen atoms in total. The van der Waals surface area contributed by atoms with Crippen LogP contribution in [0.15, 0.2) is 36.4 Å². The number of carboxylic acid groups (broad SMARTS) is 1. The largest absolute Gasteiger partial charge is 0.477 e. The number of nitrogens with one attached hydrogen (secondary N) is 1. The van der Waals surface area contributed by atoms with Gasteiger partial charge in [-0.15, -0.1) is 11.3 Å². The average Bonchev–Trinajstić information content (AvgIpc) is 2.87. The number of hydrogen-bond acceptors (Lipinski definition) is 3. The molecule has 0 aliphatic carbocycles. The molecule has 0 spiro atoms. The molecule has 0 saturated carbocycles. The second kappa shape index (κ2) is 5.86. The van der Waals surface area contributed by atoms with Crippen LogP contribution in [0.4, 0.5) is 0 Å². The third kappa shape index (κ3) is 3.33. The van der Waals surface area contributed by atoms with E-state index >= 15 is 0 Å². The Morgan fingerprint density at radius 3 is 2.47 bits per heavy atom. The summed E-state index contributed by atoms with van der Waals surface area (Å²) < 4.78 is 0. The van der Waals surface area contributed by atoms with Gasteiger partial charge in [0.15, 0.2) is 0 Å².